The Morgan fingerprint density at radius 2 is 1.16 bits per heavy atom. The van der Waals surface area contributed by atoms with Crippen molar-refractivity contribution in [3.63, 3.8) is 0 Å². The molecule has 2 aromatic carbocycles. The van der Waals surface area contributed by atoms with Crippen LogP contribution in [0, 0.1) is 5.92 Å². The maximum atomic E-state index is 12.2. The van der Waals surface area contributed by atoms with Crippen LogP contribution in [0.5, 0.6) is 0 Å². The largest absolute Gasteiger partial charge is 0.395 e. The zero-order valence-corrected chi connectivity index (χ0v) is 10.3. The van der Waals surface area contributed by atoms with E-state index in [0.717, 1.165) is 0 Å². The standard InChI is InChI=1S/C16H14O3/c17-11-14(15(18)12-7-3-1-4-8-12)16(19)13-9-5-2-6-10-13/h1-10,14,17H,11H2. The minimum absolute atomic E-state index is 0.350. The molecule has 0 saturated carbocycles. The third-order valence-corrected chi connectivity index (χ3v) is 2.93. The highest BCUT2D eigenvalue weighted by molar-refractivity contribution is 6.16. The Labute approximate surface area is 111 Å². The summed E-state index contributed by atoms with van der Waals surface area (Å²) in [5.41, 5.74) is 0.872. The minimum Gasteiger partial charge on any atom is -0.395 e. The molecule has 0 amide bonds. The first kappa shape index (κ1) is 13.2. The van der Waals surface area contributed by atoms with Crippen LogP contribution in [-0.2, 0) is 0 Å². The second kappa shape index (κ2) is 6.07. The first-order valence-electron chi connectivity index (χ1n) is 6.03. The van der Waals surface area contributed by atoms with Crippen LogP contribution in [0.4, 0.5) is 0 Å². The van der Waals surface area contributed by atoms with Crippen molar-refractivity contribution >= 4 is 11.6 Å². The average Bonchev–Trinajstić information content (AvgIpc) is 2.49. The van der Waals surface area contributed by atoms with Gasteiger partial charge in [0.25, 0.3) is 0 Å². The van der Waals surface area contributed by atoms with E-state index >= 15 is 0 Å². The molecule has 96 valence electrons. The summed E-state index contributed by atoms with van der Waals surface area (Å²) >= 11 is 0. The monoisotopic (exact) mass is 254 g/mol. The molecule has 0 atom stereocenters. The lowest BCUT2D eigenvalue weighted by atomic mass is 9.91. The molecule has 0 heterocycles. The summed E-state index contributed by atoms with van der Waals surface area (Å²) in [6.45, 7) is -0.485. The Bertz CT molecular complexity index is 510. The van der Waals surface area contributed by atoms with Gasteiger partial charge in [-0.25, -0.2) is 0 Å². The molecule has 0 aliphatic heterocycles. The molecule has 0 spiro atoms. The molecule has 1 N–H and O–H groups in total. The lowest BCUT2D eigenvalue weighted by Crippen LogP contribution is -2.27. The van der Waals surface area contributed by atoms with Gasteiger partial charge in [-0.15, -0.1) is 0 Å². The van der Waals surface area contributed by atoms with Crippen LogP contribution in [0.15, 0.2) is 60.7 Å². The molecule has 2 aromatic rings. The molecule has 0 aromatic heterocycles. The van der Waals surface area contributed by atoms with Gasteiger partial charge in [-0.2, -0.15) is 0 Å². The van der Waals surface area contributed by atoms with Crippen LogP contribution in [0.25, 0.3) is 0 Å². The summed E-state index contributed by atoms with van der Waals surface area (Å²) in [4.78, 5) is 24.4. The molecule has 19 heavy (non-hydrogen) atoms. The van der Waals surface area contributed by atoms with E-state index in [1.54, 1.807) is 60.7 Å². The first-order chi connectivity index (χ1) is 9.24. The van der Waals surface area contributed by atoms with Crippen molar-refractivity contribution in [2.45, 2.75) is 0 Å². The number of hydrogen-bond acceptors (Lipinski definition) is 3. The predicted molar refractivity (Wildman–Crippen MR) is 72.1 cm³/mol. The van der Waals surface area contributed by atoms with Gasteiger partial charge in [0, 0.05) is 11.1 Å². The zero-order chi connectivity index (χ0) is 13.7. The molecule has 0 aliphatic carbocycles. The van der Waals surface area contributed by atoms with Crippen molar-refractivity contribution in [1.82, 2.24) is 0 Å². The van der Waals surface area contributed by atoms with Crippen LogP contribution in [0.1, 0.15) is 20.7 Å². The molecule has 0 saturated heterocycles. The number of hydrogen-bond donors (Lipinski definition) is 1. The van der Waals surface area contributed by atoms with E-state index in [4.69, 9.17) is 0 Å². The van der Waals surface area contributed by atoms with Gasteiger partial charge in [0.2, 0.25) is 0 Å². The molecule has 3 heteroatoms. The summed E-state index contributed by atoms with van der Waals surface area (Å²) < 4.78 is 0. The van der Waals surface area contributed by atoms with Gasteiger partial charge in [-0.1, -0.05) is 60.7 Å². The van der Waals surface area contributed by atoms with Gasteiger partial charge in [-0.3, -0.25) is 9.59 Å². The first-order valence-corrected chi connectivity index (χ1v) is 6.03. The van der Waals surface area contributed by atoms with Gasteiger partial charge in [0.05, 0.1) is 6.61 Å². The molecule has 2 rings (SSSR count). The van der Waals surface area contributed by atoms with Crippen molar-refractivity contribution in [2.24, 2.45) is 5.92 Å². The van der Waals surface area contributed by atoms with E-state index in [1.165, 1.54) is 0 Å². The Morgan fingerprint density at radius 3 is 1.47 bits per heavy atom. The number of Topliss-reactive ketones (excluding diaryl/α,β-unsaturated/α-hetero) is 2. The van der Waals surface area contributed by atoms with Crippen LogP contribution < -0.4 is 0 Å². The molecular formula is C16H14O3. The Hall–Kier alpha value is -2.26. The summed E-state index contributed by atoms with van der Waals surface area (Å²) in [6, 6.07) is 17.1. The predicted octanol–water partition coefficient (Wildman–Crippen LogP) is 2.36. The highest BCUT2D eigenvalue weighted by atomic mass is 16.3. The van der Waals surface area contributed by atoms with Crippen molar-refractivity contribution in [3.8, 4) is 0 Å². The lowest BCUT2D eigenvalue weighted by Gasteiger charge is -2.12. The fourth-order valence-corrected chi connectivity index (χ4v) is 1.89. The van der Waals surface area contributed by atoms with E-state index in [9.17, 15) is 14.7 Å². The van der Waals surface area contributed by atoms with Crippen molar-refractivity contribution in [2.75, 3.05) is 6.61 Å². The summed E-state index contributed by atoms with van der Waals surface area (Å²) in [5.74, 6) is -1.74. The maximum Gasteiger partial charge on any atom is 0.176 e. The van der Waals surface area contributed by atoms with Gasteiger partial charge in [0.1, 0.15) is 5.92 Å². The smallest absolute Gasteiger partial charge is 0.176 e. The number of aliphatic hydroxyl groups is 1. The van der Waals surface area contributed by atoms with Crippen molar-refractivity contribution in [1.29, 1.82) is 0 Å². The number of aliphatic hydroxyl groups excluding tert-OH is 1. The quantitative estimate of drug-likeness (QED) is 0.658. The normalized spacial score (nSPS) is 10.4. The van der Waals surface area contributed by atoms with Crippen molar-refractivity contribution in [3.05, 3.63) is 71.8 Å². The summed E-state index contributed by atoms with van der Waals surface area (Å²) in [7, 11) is 0. The Balaban J connectivity index is 2.26. The number of carbonyl (C=O) groups is 2. The third kappa shape index (κ3) is 2.95. The van der Waals surface area contributed by atoms with E-state index in [2.05, 4.69) is 0 Å². The van der Waals surface area contributed by atoms with Gasteiger partial charge >= 0.3 is 0 Å². The fraction of sp³-hybridized carbons (Fsp3) is 0.125. The number of carbonyl (C=O) groups excluding carboxylic acids is 2. The molecule has 0 aliphatic rings. The number of rotatable bonds is 5. The fourth-order valence-electron chi connectivity index (χ4n) is 1.89. The van der Waals surface area contributed by atoms with Crippen molar-refractivity contribution < 1.29 is 14.7 Å². The van der Waals surface area contributed by atoms with E-state index < -0.39 is 12.5 Å². The van der Waals surface area contributed by atoms with Crippen LogP contribution in [0.3, 0.4) is 0 Å². The Morgan fingerprint density at radius 1 is 0.789 bits per heavy atom. The number of ketones is 2. The van der Waals surface area contributed by atoms with E-state index in [-0.39, 0.29) is 11.6 Å². The zero-order valence-electron chi connectivity index (χ0n) is 10.3. The Kier molecular flexibility index (Phi) is 4.21. The van der Waals surface area contributed by atoms with Gasteiger partial charge in [-0.05, 0) is 0 Å². The SMILES string of the molecule is O=C(c1ccccc1)C(CO)C(=O)c1ccccc1. The van der Waals surface area contributed by atoms with E-state index in [1.807, 2.05) is 0 Å². The van der Waals surface area contributed by atoms with Gasteiger partial charge in [0.15, 0.2) is 11.6 Å². The maximum absolute atomic E-state index is 12.2. The second-order valence-electron chi connectivity index (χ2n) is 4.20. The lowest BCUT2D eigenvalue weighted by molar-refractivity contribution is 0.0742. The minimum atomic E-state index is -1.04. The van der Waals surface area contributed by atoms with Crippen LogP contribution in [-0.4, -0.2) is 23.3 Å². The summed E-state index contributed by atoms with van der Waals surface area (Å²) in [5, 5.41) is 9.35. The highest BCUT2D eigenvalue weighted by Gasteiger charge is 2.27. The average molecular weight is 254 g/mol. The van der Waals surface area contributed by atoms with Crippen LogP contribution >= 0.6 is 0 Å². The highest BCUT2D eigenvalue weighted by Crippen LogP contribution is 2.14. The topological polar surface area (TPSA) is 54.4 Å². The summed E-state index contributed by atoms with van der Waals surface area (Å²) in [6.07, 6.45) is 0. The number of benzene rings is 2. The molecule has 0 unspecified atom stereocenters. The van der Waals surface area contributed by atoms with Gasteiger partial charge < -0.3 is 5.11 Å². The second-order valence-corrected chi connectivity index (χ2v) is 4.20. The third-order valence-electron chi connectivity index (χ3n) is 2.93. The molecule has 0 radical (unpaired) electrons. The molecular weight excluding hydrogens is 240 g/mol. The van der Waals surface area contributed by atoms with E-state index in [0.29, 0.717) is 11.1 Å². The van der Waals surface area contributed by atoms with Crippen LogP contribution in [0.2, 0.25) is 0 Å². The molecule has 0 fully saturated rings. The molecule has 3 nitrogen and oxygen atoms in total. The molecule has 0 bridgehead atoms.